The van der Waals surface area contributed by atoms with Crippen molar-refractivity contribution in [3.8, 4) is 0 Å². The first-order valence-corrected chi connectivity index (χ1v) is 7.99. The van der Waals surface area contributed by atoms with Gasteiger partial charge >= 0.3 is 0 Å². The zero-order valence-electron chi connectivity index (χ0n) is 12.7. The van der Waals surface area contributed by atoms with E-state index < -0.39 is 10.4 Å². The Morgan fingerprint density at radius 1 is 1.52 bits per heavy atom. The zero-order chi connectivity index (χ0) is 16.3. The topological polar surface area (TPSA) is 93.5 Å². The van der Waals surface area contributed by atoms with Crippen LogP contribution in [0.4, 0.5) is 0 Å². The first-order valence-electron chi connectivity index (χ1n) is 6.66. The van der Waals surface area contributed by atoms with Crippen molar-refractivity contribution in [3.63, 3.8) is 0 Å². The van der Waals surface area contributed by atoms with Crippen molar-refractivity contribution in [2.45, 2.75) is 19.4 Å². The van der Waals surface area contributed by atoms with E-state index in [4.69, 9.17) is 0 Å². The van der Waals surface area contributed by atoms with Gasteiger partial charge < -0.3 is 9.87 Å². The predicted molar refractivity (Wildman–Crippen MR) is 82.2 cm³/mol. The smallest absolute Gasteiger partial charge is 0.246 e. The van der Waals surface area contributed by atoms with E-state index in [1.807, 2.05) is 12.2 Å². The minimum Gasteiger partial charge on any atom is -0.726 e. The van der Waals surface area contributed by atoms with Crippen molar-refractivity contribution in [2.75, 3.05) is 33.3 Å². The van der Waals surface area contributed by atoms with Gasteiger partial charge in [-0.15, -0.1) is 6.58 Å². The van der Waals surface area contributed by atoms with Crippen LogP contribution in [-0.2, 0) is 14.6 Å². The Kier molecular flexibility index (Phi) is 9.89. The molecule has 0 aromatic heterocycles. The van der Waals surface area contributed by atoms with Crippen molar-refractivity contribution in [2.24, 2.45) is 0 Å². The molecule has 0 saturated carbocycles. The standard InChI is InChI=1S/C12H21N3.CH4O4S/c1-4-7-13-8-6-12-14-10-11(3)15(12)9-5-2;1-5-6(2,3)4/h4-5,11,13H,1-2,6-10H2,3H3;1H3,(H,2,3,4). The highest BCUT2D eigenvalue weighted by Crippen LogP contribution is 2.00. The molecule has 122 valence electrons. The molecule has 8 heteroatoms. The molecule has 1 heterocycles. The lowest BCUT2D eigenvalue weighted by molar-refractivity contribution is -0.543. The van der Waals surface area contributed by atoms with Gasteiger partial charge in [0.25, 0.3) is 0 Å². The second-order valence-electron chi connectivity index (χ2n) is 4.44. The van der Waals surface area contributed by atoms with Gasteiger partial charge in [0.15, 0.2) is 0 Å². The summed E-state index contributed by atoms with van der Waals surface area (Å²) in [6, 6.07) is 0.581. The fourth-order valence-corrected chi connectivity index (χ4v) is 1.82. The lowest BCUT2D eigenvalue weighted by Gasteiger charge is -2.05. The van der Waals surface area contributed by atoms with Gasteiger partial charge in [-0.2, -0.15) is 0 Å². The summed E-state index contributed by atoms with van der Waals surface area (Å²) in [6.45, 7) is 13.6. The lowest BCUT2D eigenvalue weighted by Crippen LogP contribution is -2.28. The molecular weight excluding hydrogens is 294 g/mol. The van der Waals surface area contributed by atoms with Crippen molar-refractivity contribution >= 4 is 16.2 Å². The van der Waals surface area contributed by atoms with Crippen LogP contribution in [0.15, 0.2) is 25.3 Å². The molecule has 21 heavy (non-hydrogen) atoms. The van der Waals surface area contributed by atoms with E-state index in [9.17, 15) is 13.0 Å². The monoisotopic (exact) mass is 319 g/mol. The molecule has 0 radical (unpaired) electrons. The summed E-state index contributed by atoms with van der Waals surface area (Å²) in [5, 5.41) is 6.76. The number of hydrogen-bond acceptors (Lipinski definition) is 6. The number of hydrogen-bond donors (Lipinski definition) is 2. The van der Waals surface area contributed by atoms with Gasteiger partial charge in [0.05, 0.1) is 13.5 Å². The summed E-state index contributed by atoms with van der Waals surface area (Å²) in [5.74, 6) is 1.33. The highest BCUT2D eigenvalue weighted by Gasteiger charge is 2.25. The van der Waals surface area contributed by atoms with Crippen molar-refractivity contribution in [3.05, 3.63) is 25.3 Å². The predicted octanol–water partition coefficient (Wildman–Crippen LogP) is -0.166. The second kappa shape index (κ2) is 10.5. The molecule has 0 aliphatic carbocycles. The maximum atomic E-state index is 9.22. The third kappa shape index (κ3) is 9.35. The molecule has 1 aliphatic rings. The number of nitrogens with zero attached hydrogens (tertiary/aromatic N) is 1. The zero-order valence-corrected chi connectivity index (χ0v) is 13.5. The first-order chi connectivity index (χ1) is 9.85. The van der Waals surface area contributed by atoms with Gasteiger partial charge in [-0.1, -0.05) is 18.7 Å². The third-order valence-electron chi connectivity index (χ3n) is 2.84. The highest BCUT2D eigenvalue weighted by molar-refractivity contribution is 7.80. The molecular formula is C13H25N3O4S. The van der Waals surface area contributed by atoms with Crippen LogP contribution in [0.5, 0.6) is 0 Å². The Bertz CT molecular complexity index is 460. The molecule has 1 unspecified atom stereocenters. The normalized spacial score (nSPS) is 17.8. The molecule has 0 spiro atoms. The van der Waals surface area contributed by atoms with Gasteiger partial charge in [0, 0.05) is 13.1 Å². The summed E-state index contributed by atoms with van der Waals surface area (Å²) in [7, 11) is -3.60. The minimum absolute atomic E-state index is 0.581. The average Bonchev–Trinajstić information content (AvgIpc) is 2.77. The molecule has 0 fully saturated rings. The molecule has 0 amide bonds. The van der Waals surface area contributed by atoms with E-state index >= 15 is 0 Å². The van der Waals surface area contributed by atoms with Gasteiger partial charge in [-0.3, -0.25) is 14.1 Å². The molecule has 0 saturated heterocycles. The molecule has 7 nitrogen and oxygen atoms in total. The summed E-state index contributed by atoms with van der Waals surface area (Å²) >= 11 is 0. The fourth-order valence-electron chi connectivity index (χ4n) is 1.82. The molecule has 1 aliphatic heterocycles. The van der Waals surface area contributed by atoms with E-state index in [1.54, 1.807) is 0 Å². The SMILES string of the molecule is C=CCNCCC1=[N+](CC=C)C(C)CN1.COS(=O)(=O)[O-]. The largest absolute Gasteiger partial charge is 0.726 e. The van der Waals surface area contributed by atoms with Crippen molar-refractivity contribution in [1.82, 2.24) is 10.6 Å². The summed E-state index contributed by atoms with van der Waals surface area (Å²) in [5.41, 5.74) is 0. The van der Waals surface area contributed by atoms with Crippen molar-refractivity contribution in [1.29, 1.82) is 0 Å². The fraction of sp³-hybridized carbons (Fsp3) is 0.615. The molecule has 2 N–H and O–H groups in total. The Labute approximate surface area is 127 Å². The van der Waals surface area contributed by atoms with Gasteiger partial charge in [0.2, 0.25) is 16.2 Å². The Morgan fingerprint density at radius 3 is 2.62 bits per heavy atom. The van der Waals surface area contributed by atoms with Crippen LogP contribution in [0.3, 0.4) is 0 Å². The first kappa shape index (κ1) is 19.8. The Balaban J connectivity index is 0.000000567. The van der Waals surface area contributed by atoms with Crippen LogP contribution in [-0.4, -0.2) is 62.7 Å². The van der Waals surface area contributed by atoms with Crippen LogP contribution in [0, 0.1) is 0 Å². The van der Waals surface area contributed by atoms with Crippen LogP contribution >= 0.6 is 0 Å². The Morgan fingerprint density at radius 2 is 2.14 bits per heavy atom. The van der Waals surface area contributed by atoms with E-state index in [0.29, 0.717) is 6.04 Å². The highest BCUT2D eigenvalue weighted by atomic mass is 32.3. The number of amidine groups is 1. The summed E-state index contributed by atoms with van der Waals surface area (Å²) < 4.78 is 33.4. The van der Waals surface area contributed by atoms with E-state index in [0.717, 1.165) is 39.7 Å². The number of rotatable bonds is 8. The van der Waals surface area contributed by atoms with Crippen molar-refractivity contribution < 1.29 is 21.7 Å². The molecule has 1 rings (SSSR count). The van der Waals surface area contributed by atoms with Gasteiger partial charge in [-0.05, 0) is 6.92 Å². The summed E-state index contributed by atoms with van der Waals surface area (Å²) in [6.07, 6.45) is 4.89. The molecule has 0 bridgehead atoms. The quantitative estimate of drug-likeness (QED) is 0.212. The third-order valence-corrected chi connectivity index (χ3v) is 3.25. The maximum Gasteiger partial charge on any atom is 0.246 e. The second-order valence-corrected chi connectivity index (χ2v) is 5.59. The summed E-state index contributed by atoms with van der Waals surface area (Å²) in [4.78, 5) is 0. The molecule has 1 atom stereocenters. The van der Waals surface area contributed by atoms with E-state index in [2.05, 4.69) is 39.5 Å². The molecule has 0 aromatic rings. The van der Waals surface area contributed by atoms with E-state index in [1.165, 1.54) is 5.84 Å². The van der Waals surface area contributed by atoms with Gasteiger partial charge in [0.1, 0.15) is 19.1 Å². The maximum absolute atomic E-state index is 9.22. The number of nitrogens with one attached hydrogen (secondary N) is 2. The van der Waals surface area contributed by atoms with Crippen LogP contribution in [0.1, 0.15) is 13.3 Å². The van der Waals surface area contributed by atoms with Crippen LogP contribution in [0.25, 0.3) is 0 Å². The van der Waals surface area contributed by atoms with E-state index in [-0.39, 0.29) is 0 Å². The lowest BCUT2D eigenvalue weighted by atomic mass is 10.3. The average molecular weight is 319 g/mol. The van der Waals surface area contributed by atoms with Crippen LogP contribution < -0.4 is 10.6 Å². The van der Waals surface area contributed by atoms with Gasteiger partial charge in [-0.25, -0.2) is 8.42 Å². The minimum atomic E-state index is -4.41. The van der Waals surface area contributed by atoms with Crippen LogP contribution in [0.2, 0.25) is 0 Å². The Hall–Kier alpha value is -1.22. The molecule has 0 aromatic carbocycles.